The Balaban J connectivity index is 1.39. The lowest BCUT2D eigenvalue weighted by molar-refractivity contribution is 0.291. The molecule has 9 heteroatoms. The summed E-state index contributed by atoms with van der Waals surface area (Å²) in [6.45, 7) is 4.29. The highest BCUT2D eigenvalue weighted by molar-refractivity contribution is 7.98. The van der Waals surface area contributed by atoms with Gasteiger partial charge in [0.05, 0.1) is 12.9 Å². The fourth-order valence-corrected chi connectivity index (χ4v) is 3.92. The van der Waals surface area contributed by atoms with E-state index < -0.39 is 0 Å². The van der Waals surface area contributed by atoms with Crippen molar-refractivity contribution in [3.05, 3.63) is 71.2 Å². The van der Waals surface area contributed by atoms with Crippen molar-refractivity contribution < 1.29 is 14.0 Å². The minimum atomic E-state index is 0.229. The molecule has 0 atom stereocenters. The minimum Gasteiger partial charge on any atom is -0.496 e. The van der Waals surface area contributed by atoms with Crippen LogP contribution in [0.5, 0.6) is 11.5 Å². The SMILES string of the molecule is COc1ccccc1-c1cc(CSc2nnc(COc3cc(C)cc(C)c3)n2N)on1. The van der Waals surface area contributed by atoms with Crippen LogP contribution in [0, 0.1) is 13.8 Å². The Labute approximate surface area is 184 Å². The van der Waals surface area contributed by atoms with Crippen LogP contribution in [0.2, 0.25) is 0 Å². The van der Waals surface area contributed by atoms with E-state index in [4.69, 9.17) is 19.8 Å². The first-order valence-corrected chi connectivity index (χ1v) is 10.6. The number of aryl methyl sites for hydroxylation is 2. The van der Waals surface area contributed by atoms with Crippen LogP contribution in [0.15, 0.2) is 58.2 Å². The molecule has 4 rings (SSSR count). The van der Waals surface area contributed by atoms with E-state index in [9.17, 15) is 0 Å². The number of para-hydroxylation sites is 1. The molecule has 4 aromatic rings. The summed E-state index contributed by atoms with van der Waals surface area (Å²) in [5.41, 5.74) is 3.86. The van der Waals surface area contributed by atoms with Gasteiger partial charge in [0.25, 0.3) is 0 Å². The van der Waals surface area contributed by atoms with Crippen molar-refractivity contribution in [1.29, 1.82) is 0 Å². The molecule has 2 aromatic carbocycles. The Morgan fingerprint density at radius 1 is 1.06 bits per heavy atom. The number of hydrogen-bond acceptors (Lipinski definition) is 8. The van der Waals surface area contributed by atoms with Crippen molar-refractivity contribution >= 4 is 11.8 Å². The molecule has 8 nitrogen and oxygen atoms in total. The first kappa shape index (κ1) is 20.8. The van der Waals surface area contributed by atoms with Crippen LogP contribution < -0.4 is 15.3 Å². The van der Waals surface area contributed by atoms with Gasteiger partial charge < -0.3 is 19.8 Å². The Morgan fingerprint density at radius 3 is 2.61 bits per heavy atom. The van der Waals surface area contributed by atoms with Gasteiger partial charge in [0.15, 0.2) is 5.82 Å². The predicted octanol–water partition coefficient (Wildman–Crippen LogP) is 4.14. The fraction of sp³-hybridized carbons (Fsp3) is 0.227. The molecular formula is C22H23N5O3S. The molecule has 0 unspecified atom stereocenters. The van der Waals surface area contributed by atoms with E-state index in [0.717, 1.165) is 28.2 Å². The van der Waals surface area contributed by atoms with Gasteiger partial charge in [-0.3, -0.25) is 0 Å². The summed E-state index contributed by atoms with van der Waals surface area (Å²) in [4.78, 5) is 0. The maximum Gasteiger partial charge on any atom is 0.210 e. The van der Waals surface area contributed by atoms with Gasteiger partial charge in [-0.15, -0.1) is 10.2 Å². The average Bonchev–Trinajstić information content (AvgIpc) is 3.37. The van der Waals surface area contributed by atoms with Crippen molar-refractivity contribution in [2.75, 3.05) is 13.0 Å². The number of methoxy groups -OCH3 is 1. The van der Waals surface area contributed by atoms with Crippen LogP contribution in [-0.4, -0.2) is 27.1 Å². The first-order valence-electron chi connectivity index (χ1n) is 9.65. The molecule has 0 spiro atoms. The monoisotopic (exact) mass is 437 g/mol. The van der Waals surface area contributed by atoms with E-state index in [1.54, 1.807) is 7.11 Å². The van der Waals surface area contributed by atoms with Gasteiger partial charge in [-0.05, 0) is 49.2 Å². The minimum absolute atomic E-state index is 0.229. The summed E-state index contributed by atoms with van der Waals surface area (Å²) in [7, 11) is 1.63. The van der Waals surface area contributed by atoms with Crippen LogP contribution >= 0.6 is 11.8 Å². The van der Waals surface area contributed by atoms with Gasteiger partial charge in [0, 0.05) is 11.6 Å². The number of thioether (sulfide) groups is 1. The second-order valence-corrected chi connectivity index (χ2v) is 7.99. The molecule has 0 bridgehead atoms. The molecule has 160 valence electrons. The molecule has 0 fully saturated rings. The number of nitrogens with two attached hydrogens (primary N) is 1. The van der Waals surface area contributed by atoms with Crippen LogP contribution in [0.1, 0.15) is 22.7 Å². The number of nitrogens with zero attached hydrogens (tertiary/aromatic N) is 4. The predicted molar refractivity (Wildman–Crippen MR) is 118 cm³/mol. The lowest BCUT2D eigenvalue weighted by Gasteiger charge is -2.08. The largest absolute Gasteiger partial charge is 0.496 e. The molecular weight excluding hydrogens is 414 g/mol. The Bertz CT molecular complexity index is 1170. The van der Waals surface area contributed by atoms with Crippen molar-refractivity contribution in [1.82, 2.24) is 20.0 Å². The van der Waals surface area contributed by atoms with Crippen LogP contribution in [-0.2, 0) is 12.4 Å². The van der Waals surface area contributed by atoms with E-state index in [2.05, 4.69) is 21.4 Å². The number of aromatic nitrogens is 4. The maximum absolute atomic E-state index is 6.15. The third-order valence-electron chi connectivity index (χ3n) is 4.58. The lowest BCUT2D eigenvalue weighted by atomic mass is 10.1. The zero-order valence-electron chi connectivity index (χ0n) is 17.5. The number of nitrogen functional groups attached to an aromatic ring is 1. The normalized spacial score (nSPS) is 10.9. The number of rotatable bonds is 8. The van der Waals surface area contributed by atoms with Crippen LogP contribution in [0.4, 0.5) is 0 Å². The molecule has 0 radical (unpaired) electrons. The molecule has 0 amide bonds. The summed E-state index contributed by atoms with van der Waals surface area (Å²) in [5, 5.41) is 13.0. The van der Waals surface area contributed by atoms with Crippen molar-refractivity contribution in [2.45, 2.75) is 31.4 Å². The van der Waals surface area contributed by atoms with Gasteiger partial charge in [-0.25, -0.2) is 4.68 Å². The zero-order valence-corrected chi connectivity index (χ0v) is 18.3. The number of ether oxygens (including phenoxy) is 2. The topological polar surface area (TPSA) is 101 Å². The Kier molecular flexibility index (Phi) is 6.13. The molecule has 0 saturated carbocycles. The molecule has 0 saturated heterocycles. The van der Waals surface area contributed by atoms with E-state index in [0.29, 0.717) is 28.2 Å². The van der Waals surface area contributed by atoms with Gasteiger partial charge in [0.2, 0.25) is 5.16 Å². The molecule has 2 heterocycles. The van der Waals surface area contributed by atoms with E-state index in [-0.39, 0.29) is 6.61 Å². The third-order valence-corrected chi connectivity index (χ3v) is 5.55. The number of hydrogen-bond donors (Lipinski definition) is 1. The van der Waals surface area contributed by atoms with E-state index in [1.807, 2.05) is 56.3 Å². The van der Waals surface area contributed by atoms with Crippen molar-refractivity contribution in [2.24, 2.45) is 0 Å². The molecule has 2 N–H and O–H groups in total. The molecule has 0 aliphatic carbocycles. The van der Waals surface area contributed by atoms with Crippen molar-refractivity contribution in [3.8, 4) is 22.8 Å². The highest BCUT2D eigenvalue weighted by Crippen LogP contribution is 2.30. The third kappa shape index (κ3) is 4.83. The number of benzene rings is 2. The lowest BCUT2D eigenvalue weighted by Crippen LogP contribution is -2.15. The maximum atomic E-state index is 6.15. The smallest absolute Gasteiger partial charge is 0.210 e. The standard InChI is InChI=1S/C22H23N5O3S/c1-14-8-15(2)10-16(9-14)29-12-21-24-25-22(27(21)23)31-13-17-11-19(26-30-17)18-6-4-5-7-20(18)28-3/h4-11H,12-13,23H2,1-3H3. The highest BCUT2D eigenvalue weighted by atomic mass is 32.2. The summed E-state index contributed by atoms with van der Waals surface area (Å²) in [6, 6.07) is 15.6. The molecule has 31 heavy (non-hydrogen) atoms. The second-order valence-electron chi connectivity index (χ2n) is 7.05. The fourth-order valence-electron chi connectivity index (χ4n) is 3.17. The Hall–Kier alpha value is -3.46. The van der Waals surface area contributed by atoms with Crippen LogP contribution in [0.25, 0.3) is 11.3 Å². The quantitative estimate of drug-likeness (QED) is 0.324. The average molecular weight is 438 g/mol. The van der Waals surface area contributed by atoms with E-state index >= 15 is 0 Å². The Morgan fingerprint density at radius 2 is 1.84 bits per heavy atom. The summed E-state index contributed by atoms with van der Waals surface area (Å²) in [6.07, 6.45) is 0. The second kappa shape index (κ2) is 9.13. The molecule has 0 aliphatic heterocycles. The first-order chi connectivity index (χ1) is 15.0. The van der Waals surface area contributed by atoms with Gasteiger partial charge >= 0.3 is 0 Å². The van der Waals surface area contributed by atoms with Crippen molar-refractivity contribution in [3.63, 3.8) is 0 Å². The zero-order chi connectivity index (χ0) is 21.8. The van der Waals surface area contributed by atoms with E-state index in [1.165, 1.54) is 16.4 Å². The summed E-state index contributed by atoms with van der Waals surface area (Å²) in [5.74, 6) is 9.41. The summed E-state index contributed by atoms with van der Waals surface area (Å²) >= 11 is 1.41. The van der Waals surface area contributed by atoms with Crippen LogP contribution in [0.3, 0.4) is 0 Å². The summed E-state index contributed by atoms with van der Waals surface area (Å²) < 4.78 is 18.1. The molecule has 2 aromatic heterocycles. The van der Waals surface area contributed by atoms with Gasteiger partial charge in [-0.1, -0.05) is 35.1 Å². The highest BCUT2D eigenvalue weighted by Gasteiger charge is 2.15. The van der Waals surface area contributed by atoms with Gasteiger partial charge in [0.1, 0.15) is 29.6 Å². The van der Waals surface area contributed by atoms with Gasteiger partial charge in [-0.2, -0.15) is 0 Å². The molecule has 0 aliphatic rings.